The van der Waals surface area contributed by atoms with E-state index < -0.39 is 0 Å². The first kappa shape index (κ1) is 9.65. The molecule has 3 heterocycles. The van der Waals surface area contributed by atoms with Gasteiger partial charge in [0.25, 0.3) is 5.91 Å². The molecule has 0 atom stereocenters. The SMILES string of the molecule is O=C1NN=C(c2ccoc2)/C1=C/c1ccc[nH]1. The van der Waals surface area contributed by atoms with Crippen molar-refractivity contribution < 1.29 is 9.21 Å². The van der Waals surface area contributed by atoms with Crippen molar-refractivity contribution in [3.63, 3.8) is 0 Å². The average molecular weight is 227 g/mol. The summed E-state index contributed by atoms with van der Waals surface area (Å²) in [5, 5.41) is 4.00. The van der Waals surface area contributed by atoms with Gasteiger partial charge < -0.3 is 9.40 Å². The molecule has 17 heavy (non-hydrogen) atoms. The van der Waals surface area contributed by atoms with E-state index in [9.17, 15) is 4.79 Å². The van der Waals surface area contributed by atoms with Gasteiger partial charge in [-0.05, 0) is 24.3 Å². The van der Waals surface area contributed by atoms with Crippen LogP contribution < -0.4 is 5.43 Å². The molecule has 2 N–H and O–H groups in total. The molecule has 0 saturated carbocycles. The fraction of sp³-hybridized carbons (Fsp3) is 0. The second kappa shape index (κ2) is 3.79. The van der Waals surface area contributed by atoms with Crippen LogP contribution in [0.2, 0.25) is 0 Å². The van der Waals surface area contributed by atoms with Gasteiger partial charge in [0.15, 0.2) is 0 Å². The summed E-state index contributed by atoms with van der Waals surface area (Å²) in [6.45, 7) is 0. The molecule has 5 nitrogen and oxygen atoms in total. The molecule has 0 aromatic carbocycles. The van der Waals surface area contributed by atoms with Crippen molar-refractivity contribution in [2.75, 3.05) is 0 Å². The summed E-state index contributed by atoms with van der Waals surface area (Å²) < 4.78 is 4.99. The van der Waals surface area contributed by atoms with Gasteiger partial charge in [0.1, 0.15) is 5.71 Å². The minimum atomic E-state index is -0.212. The molecule has 0 unspecified atom stereocenters. The maximum atomic E-state index is 11.7. The Morgan fingerprint density at radius 2 is 2.29 bits per heavy atom. The summed E-state index contributed by atoms with van der Waals surface area (Å²) in [6.07, 6.45) is 6.66. The van der Waals surface area contributed by atoms with Crippen LogP contribution in [0.3, 0.4) is 0 Å². The standard InChI is InChI=1S/C12H9N3O2/c16-12-10(6-9-2-1-4-13-9)11(14-15-12)8-3-5-17-7-8/h1-7,13H,(H,15,16)/b10-6-. The molecular formula is C12H9N3O2. The summed E-state index contributed by atoms with van der Waals surface area (Å²) in [5.41, 5.74) is 5.20. The van der Waals surface area contributed by atoms with Gasteiger partial charge >= 0.3 is 0 Å². The van der Waals surface area contributed by atoms with Gasteiger partial charge in [-0.1, -0.05) is 0 Å². The third-order valence-corrected chi connectivity index (χ3v) is 2.49. The van der Waals surface area contributed by atoms with Crippen molar-refractivity contribution in [2.45, 2.75) is 0 Å². The monoisotopic (exact) mass is 227 g/mol. The van der Waals surface area contributed by atoms with Gasteiger partial charge in [-0.15, -0.1) is 0 Å². The molecule has 0 aliphatic carbocycles. The van der Waals surface area contributed by atoms with E-state index in [-0.39, 0.29) is 5.91 Å². The molecule has 1 aliphatic heterocycles. The molecule has 0 bridgehead atoms. The summed E-state index contributed by atoms with van der Waals surface area (Å²) in [4.78, 5) is 14.7. The second-order valence-corrected chi connectivity index (χ2v) is 3.60. The Labute approximate surface area is 96.8 Å². The molecule has 2 aromatic heterocycles. The van der Waals surface area contributed by atoms with Crippen molar-refractivity contribution >= 4 is 17.7 Å². The van der Waals surface area contributed by atoms with Crippen LogP contribution in [0, 0.1) is 0 Å². The van der Waals surface area contributed by atoms with Gasteiger partial charge in [-0.3, -0.25) is 4.79 Å². The number of H-pyrrole nitrogens is 1. The lowest BCUT2D eigenvalue weighted by atomic mass is 10.0. The number of rotatable bonds is 2. The number of amides is 1. The van der Waals surface area contributed by atoms with E-state index in [1.54, 1.807) is 30.9 Å². The van der Waals surface area contributed by atoms with Gasteiger partial charge in [0, 0.05) is 17.5 Å². The van der Waals surface area contributed by atoms with E-state index in [0.717, 1.165) is 11.3 Å². The number of hydrogen-bond acceptors (Lipinski definition) is 3. The number of nitrogens with zero attached hydrogens (tertiary/aromatic N) is 1. The van der Waals surface area contributed by atoms with E-state index in [4.69, 9.17) is 4.42 Å². The lowest BCUT2D eigenvalue weighted by Crippen LogP contribution is -2.13. The highest BCUT2D eigenvalue weighted by molar-refractivity contribution is 6.33. The maximum Gasteiger partial charge on any atom is 0.273 e. The molecular weight excluding hydrogens is 218 g/mol. The summed E-state index contributed by atoms with van der Waals surface area (Å²) in [7, 11) is 0. The van der Waals surface area contributed by atoms with Gasteiger partial charge in [0.2, 0.25) is 0 Å². The quantitative estimate of drug-likeness (QED) is 0.764. The zero-order valence-corrected chi connectivity index (χ0v) is 8.81. The summed E-state index contributed by atoms with van der Waals surface area (Å²) in [5.74, 6) is -0.212. The van der Waals surface area contributed by atoms with Crippen LogP contribution >= 0.6 is 0 Å². The van der Waals surface area contributed by atoms with Crippen molar-refractivity contribution in [3.05, 3.63) is 53.8 Å². The molecule has 0 fully saturated rings. The highest BCUT2D eigenvalue weighted by Gasteiger charge is 2.24. The molecule has 2 aromatic rings. The fourth-order valence-corrected chi connectivity index (χ4v) is 1.68. The molecule has 3 rings (SSSR count). The maximum absolute atomic E-state index is 11.7. The molecule has 0 saturated heterocycles. The molecule has 1 amide bonds. The number of hydrazone groups is 1. The topological polar surface area (TPSA) is 70.4 Å². The van der Waals surface area contributed by atoms with E-state index in [1.807, 2.05) is 12.1 Å². The van der Waals surface area contributed by atoms with Crippen LogP contribution in [-0.4, -0.2) is 16.6 Å². The lowest BCUT2D eigenvalue weighted by Gasteiger charge is -1.96. The summed E-state index contributed by atoms with van der Waals surface area (Å²) >= 11 is 0. The van der Waals surface area contributed by atoms with Crippen molar-refractivity contribution in [2.24, 2.45) is 5.10 Å². The predicted molar refractivity (Wildman–Crippen MR) is 62.2 cm³/mol. The predicted octanol–water partition coefficient (Wildman–Crippen LogP) is 1.53. The van der Waals surface area contributed by atoms with Gasteiger partial charge in [0.05, 0.1) is 18.1 Å². The lowest BCUT2D eigenvalue weighted by molar-refractivity contribution is -0.116. The van der Waals surface area contributed by atoms with Crippen LogP contribution in [0.5, 0.6) is 0 Å². The van der Waals surface area contributed by atoms with Crippen LogP contribution in [0.25, 0.3) is 6.08 Å². The van der Waals surface area contributed by atoms with Gasteiger partial charge in [-0.25, -0.2) is 5.43 Å². The highest BCUT2D eigenvalue weighted by atomic mass is 16.3. The molecule has 5 heteroatoms. The van der Waals surface area contributed by atoms with Crippen molar-refractivity contribution in [1.82, 2.24) is 10.4 Å². The Bertz CT molecular complexity index is 592. The van der Waals surface area contributed by atoms with E-state index >= 15 is 0 Å². The Hall–Kier alpha value is -2.56. The normalized spacial score (nSPS) is 17.3. The number of aromatic nitrogens is 1. The Balaban J connectivity index is 2.03. The van der Waals surface area contributed by atoms with Crippen LogP contribution in [0.4, 0.5) is 0 Å². The number of carbonyl (C=O) groups excluding carboxylic acids is 1. The first-order chi connectivity index (χ1) is 8.34. The first-order valence-electron chi connectivity index (χ1n) is 5.10. The number of nitrogens with one attached hydrogen (secondary N) is 2. The first-order valence-corrected chi connectivity index (χ1v) is 5.10. The number of hydrogen-bond donors (Lipinski definition) is 2. The Kier molecular flexibility index (Phi) is 2.15. The van der Waals surface area contributed by atoms with Gasteiger partial charge in [-0.2, -0.15) is 5.10 Å². The van der Waals surface area contributed by atoms with E-state index in [1.165, 1.54) is 0 Å². The zero-order chi connectivity index (χ0) is 11.7. The Morgan fingerprint density at radius 3 is 3.00 bits per heavy atom. The smallest absolute Gasteiger partial charge is 0.273 e. The van der Waals surface area contributed by atoms with Crippen LogP contribution in [-0.2, 0) is 4.79 Å². The number of furan rings is 1. The summed E-state index contributed by atoms with van der Waals surface area (Å²) in [6, 6.07) is 5.52. The molecule has 84 valence electrons. The van der Waals surface area contributed by atoms with Crippen molar-refractivity contribution in [3.8, 4) is 0 Å². The average Bonchev–Trinajstić information content (AvgIpc) is 3.03. The van der Waals surface area contributed by atoms with Crippen molar-refractivity contribution in [1.29, 1.82) is 0 Å². The Morgan fingerprint density at radius 1 is 1.35 bits per heavy atom. The molecule has 0 radical (unpaired) electrons. The van der Waals surface area contributed by atoms with Crippen LogP contribution in [0.1, 0.15) is 11.3 Å². The minimum Gasteiger partial charge on any atom is -0.472 e. The largest absolute Gasteiger partial charge is 0.472 e. The van der Waals surface area contributed by atoms with Crippen LogP contribution in [0.15, 0.2) is 52.0 Å². The minimum absolute atomic E-state index is 0.212. The molecule has 1 aliphatic rings. The number of carbonyl (C=O) groups is 1. The van der Waals surface area contributed by atoms with E-state index in [2.05, 4.69) is 15.5 Å². The van der Waals surface area contributed by atoms with E-state index in [0.29, 0.717) is 11.3 Å². The third-order valence-electron chi connectivity index (χ3n) is 2.49. The molecule has 0 spiro atoms. The third kappa shape index (κ3) is 1.67. The second-order valence-electron chi connectivity index (χ2n) is 3.60. The highest BCUT2D eigenvalue weighted by Crippen LogP contribution is 2.17. The number of aromatic amines is 1. The fourth-order valence-electron chi connectivity index (χ4n) is 1.68. The zero-order valence-electron chi connectivity index (χ0n) is 8.81.